The van der Waals surface area contributed by atoms with E-state index in [1.54, 1.807) is 22.9 Å². The second-order valence-electron chi connectivity index (χ2n) is 6.81. The molecule has 1 N–H and O–H groups in total. The minimum absolute atomic E-state index is 0.0184. The molecule has 4 rings (SSSR count). The average molecular weight is 387 g/mol. The zero-order valence-corrected chi connectivity index (χ0v) is 15.9. The molecular formula is C22H21N5O2. The van der Waals surface area contributed by atoms with E-state index in [2.05, 4.69) is 33.5 Å². The average Bonchev–Trinajstić information content (AvgIpc) is 3.51. The van der Waals surface area contributed by atoms with Crippen molar-refractivity contribution in [1.29, 1.82) is 0 Å². The first-order valence-electron chi connectivity index (χ1n) is 9.37. The predicted octanol–water partition coefficient (Wildman–Crippen LogP) is 3.82. The summed E-state index contributed by atoms with van der Waals surface area (Å²) in [7, 11) is 0. The Balaban J connectivity index is 1.50. The summed E-state index contributed by atoms with van der Waals surface area (Å²) in [4.78, 5) is 20.7. The van der Waals surface area contributed by atoms with Gasteiger partial charge < -0.3 is 4.74 Å². The van der Waals surface area contributed by atoms with Crippen molar-refractivity contribution >= 4 is 17.5 Å². The Morgan fingerprint density at radius 2 is 2.17 bits per heavy atom. The summed E-state index contributed by atoms with van der Waals surface area (Å²) in [5.41, 5.74) is 3.15. The molecule has 3 heterocycles. The number of fused-ring (bicyclic) bond motifs is 1. The number of nitrogens with one attached hydrogen (secondary N) is 1. The lowest BCUT2D eigenvalue weighted by atomic mass is 10.2. The van der Waals surface area contributed by atoms with Crippen LogP contribution in [0.2, 0.25) is 0 Å². The maximum atomic E-state index is 12.0. The zero-order chi connectivity index (χ0) is 20.2. The normalized spacial score (nSPS) is 13.5. The van der Waals surface area contributed by atoms with Gasteiger partial charge >= 0.3 is 0 Å². The number of pyridine rings is 2. The van der Waals surface area contributed by atoms with Crippen LogP contribution in [0.5, 0.6) is 5.88 Å². The molecule has 1 fully saturated rings. The Hall–Kier alpha value is -3.74. The van der Waals surface area contributed by atoms with Gasteiger partial charge in [-0.05, 0) is 36.6 Å². The van der Waals surface area contributed by atoms with Gasteiger partial charge in [-0.25, -0.2) is 9.50 Å². The van der Waals surface area contributed by atoms with E-state index in [9.17, 15) is 4.79 Å². The standard InChI is InChI=1S/C22H21N5O2/c1-3-4-6-15(2)14-29-20-12-11-17(13-23-20)18-7-5-8-19-24-22(26-27(18)19)25-21(28)16-9-10-16/h3-8,11-13,16H,1-2,9-10,14H2,(H,25,26,28). The van der Waals surface area contributed by atoms with Crippen LogP contribution < -0.4 is 10.1 Å². The number of carbonyl (C=O) groups excluding carboxylic acids is 1. The highest BCUT2D eigenvalue weighted by molar-refractivity contribution is 5.92. The number of hydrogen-bond donors (Lipinski definition) is 1. The van der Waals surface area contributed by atoms with Crippen LogP contribution in [0.25, 0.3) is 16.9 Å². The summed E-state index contributed by atoms with van der Waals surface area (Å²) in [6.45, 7) is 7.88. The fraction of sp³-hybridized carbons (Fsp3) is 0.182. The second-order valence-corrected chi connectivity index (χ2v) is 6.81. The molecule has 0 radical (unpaired) electrons. The van der Waals surface area contributed by atoms with Crippen LogP contribution in [0.1, 0.15) is 12.8 Å². The Kier molecular flexibility index (Phi) is 5.20. The summed E-state index contributed by atoms with van der Waals surface area (Å²) in [6.07, 6.45) is 8.92. The number of carbonyl (C=O) groups is 1. The number of amides is 1. The molecule has 1 amide bonds. The highest BCUT2D eigenvalue weighted by Crippen LogP contribution is 2.30. The monoisotopic (exact) mass is 387 g/mol. The number of rotatable bonds is 8. The van der Waals surface area contributed by atoms with Gasteiger partial charge in [-0.1, -0.05) is 37.5 Å². The van der Waals surface area contributed by atoms with E-state index >= 15 is 0 Å². The highest BCUT2D eigenvalue weighted by atomic mass is 16.5. The van der Waals surface area contributed by atoms with Crippen LogP contribution in [0.15, 0.2) is 73.5 Å². The Bertz CT molecular complexity index is 1090. The van der Waals surface area contributed by atoms with Gasteiger partial charge in [0.2, 0.25) is 17.7 Å². The lowest BCUT2D eigenvalue weighted by Gasteiger charge is -2.07. The molecule has 3 aromatic rings. The first kappa shape index (κ1) is 18.6. The number of aromatic nitrogens is 4. The molecule has 0 bridgehead atoms. The van der Waals surface area contributed by atoms with Gasteiger partial charge in [-0.3, -0.25) is 10.1 Å². The van der Waals surface area contributed by atoms with E-state index in [0.717, 1.165) is 29.7 Å². The maximum absolute atomic E-state index is 12.0. The van der Waals surface area contributed by atoms with Crippen molar-refractivity contribution in [2.45, 2.75) is 12.8 Å². The van der Waals surface area contributed by atoms with Gasteiger partial charge in [-0.2, -0.15) is 4.98 Å². The fourth-order valence-electron chi connectivity index (χ4n) is 2.77. The molecular weight excluding hydrogens is 366 g/mol. The van der Waals surface area contributed by atoms with E-state index in [4.69, 9.17) is 4.74 Å². The van der Waals surface area contributed by atoms with Crippen molar-refractivity contribution in [3.63, 3.8) is 0 Å². The number of allylic oxidation sites excluding steroid dienone is 2. The molecule has 1 saturated carbocycles. The molecule has 1 aliphatic carbocycles. The quantitative estimate of drug-likeness (QED) is 0.594. The molecule has 7 nitrogen and oxygen atoms in total. The molecule has 0 saturated heterocycles. The third-order valence-corrected chi connectivity index (χ3v) is 4.45. The smallest absolute Gasteiger partial charge is 0.249 e. The van der Waals surface area contributed by atoms with Gasteiger partial charge in [0.25, 0.3) is 0 Å². The number of nitrogens with zero attached hydrogens (tertiary/aromatic N) is 4. The van der Waals surface area contributed by atoms with Gasteiger partial charge in [0.05, 0.1) is 5.69 Å². The molecule has 0 atom stereocenters. The van der Waals surface area contributed by atoms with Crippen molar-refractivity contribution in [3.05, 3.63) is 73.5 Å². The number of anilines is 1. The molecule has 7 heteroatoms. The van der Waals surface area contributed by atoms with E-state index in [1.807, 2.05) is 36.4 Å². The first-order valence-corrected chi connectivity index (χ1v) is 9.37. The van der Waals surface area contributed by atoms with Crippen molar-refractivity contribution in [2.24, 2.45) is 5.92 Å². The van der Waals surface area contributed by atoms with Crippen molar-refractivity contribution in [1.82, 2.24) is 19.6 Å². The Morgan fingerprint density at radius 1 is 1.31 bits per heavy atom. The Morgan fingerprint density at radius 3 is 2.90 bits per heavy atom. The van der Waals surface area contributed by atoms with Gasteiger partial charge in [0, 0.05) is 23.7 Å². The largest absolute Gasteiger partial charge is 0.473 e. The van der Waals surface area contributed by atoms with Crippen molar-refractivity contribution in [3.8, 4) is 17.1 Å². The zero-order valence-electron chi connectivity index (χ0n) is 15.9. The topological polar surface area (TPSA) is 81.4 Å². The number of hydrogen-bond acceptors (Lipinski definition) is 5. The van der Waals surface area contributed by atoms with Crippen LogP contribution in [0, 0.1) is 5.92 Å². The Labute approximate surface area is 168 Å². The van der Waals surface area contributed by atoms with Crippen molar-refractivity contribution < 1.29 is 9.53 Å². The van der Waals surface area contributed by atoms with Crippen molar-refractivity contribution in [2.75, 3.05) is 11.9 Å². The van der Waals surface area contributed by atoms with E-state index in [-0.39, 0.29) is 11.8 Å². The molecule has 29 heavy (non-hydrogen) atoms. The highest BCUT2D eigenvalue weighted by Gasteiger charge is 2.30. The summed E-state index contributed by atoms with van der Waals surface area (Å²) >= 11 is 0. The van der Waals surface area contributed by atoms with Crippen LogP contribution in [-0.4, -0.2) is 32.1 Å². The van der Waals surface area contributed by atoms with E-state index in [1.165, 1.54) is 0 Å². The molecule has 3 aromatic heterocycles. The molecule has 146 valence electrons. The van der Waals surface area contributed by atoms with Crippen LogP contribution in [0.4, 0.5) is 5.95 Å². The summed E-state index contributed by atoms with van der Waals surface area (Å²) in [5, 5.41) is 7.22. The maximum Gasteiger partial charge on any atom is 0.249 e. The van der Waals surface area contributed by atoms with Crippen LogP contribution in [0.3, 0.4) is 0 Å². The fourth-order valence-corrected chi connectivity index (χ4v) is 2.77. The first-order chi connectivity index (χ1) is 14.1. The third kappa shape index (κ3) is 4.40. The van der Waals surface area contributed by atoms with E-state index < -0.39 is 0 Å². The van der Waals surface area contributed by atoms with Gasteiger partial charge in [-0.15, -0.1) is 5.10 Å². The molecule has 0 unspecified atom stereocenters. The summed E-state index contributed by atoms with van der Waals surface area (Å²) in [6, 6.07) is 9.37. The minimum atomic E-state index is -0.0184. The van der Waals surface area contributed by atoms with Gasteiger partial charge in [0.15, 0.2) is 5.65 Å². The second kappa shape index (κ2) is 8.10. The summed E-state index contributed by atoms with van der Waals surface area (Å²) < 4.78 is 7.34. The predicted molar refractivity (Wildman–Crippen MR) is 112 cm³/mol. The SMILES string of the molecule is C=CC=CC(=C)COc1ccc(-c2cccc3nc(NC(=O)C4CC4)nn23)cn1. The molecule has 0 aromatic carbocycles. The molecule has 1 aliphatic rings. The molecule has 0 spiro atoms. The molecule has 0 aliphatic heterocycles. The third-order valence-electron chi connectivity index (χ3n) is 4.45. The summed E-state index contributed by atoms with van der Waals surface area (Å²) in [5.74, 6) is 0.898. The minimum Gasteiger partial charge on any atom is -0.473 e. The van der Waals surface area contributed by atoms with Crippen LogP contribution >= 0.6 is 0 Å². The lowest BCUT2D eigenvalue weighted by Crippen LogP contribution is -2.14. The van der Waals surface area contributed by atoms with Crippen LogP contribution in [-0.2, 0) is 4.79 Å². The van der Waals surface area contributed by atoms with Gasteiger partial charge in [0.1, 0.15) is 6.61 Å². The van der Waals surface area contributed by atoms with E-state index in [0.29, 0.717) is 24.1 Å². The lowest BCUT2D eigenvalue weighted by molar-refractivity contribution is -0.117. The number of ether oxygens (including phenoxy) is 1.